The molecule has 0 bridgehead atoms. The first kappa shape index (κ1) is 25.0. The number of halogens is 2. The molecule has 0 aliphatic carbocycles. The maximum absolute atomic E-state index is 15.1. The first-order valence-electron chi connectivity index (χ1n) is 11.4. The Kier molecular flexibility index (Phi) is 7.32. The second-order valence-corrected chi connectivity index (χ2v) is 10.9. The first-order chi connectivity index (χ1) is 16.7. The smallest absolute Gasteiger partial charge is 0.225 e. The number of rotatable bonds is 7. The molecule has 1 fully saturated rings. The SMILES string of the molecule is CC(NC(=O)Cc1cnoc1)c1cc(F)c(CN2[C@@H](C)CC[C@H](c3ccccc3)S2(=O)=O)cc1F. The fourth-order valence-electron chi connectivity index (χ4n) is 4.45. The molecule has 4 rings (SSSR count). The quantitative estimate of drug-likeness (QED) is 0.515. The molecule has 35 heavy (non-hydrogen) atoms. The number of sulfonamides is 1. The summed E-state index contributed by atoms with van der Waals surface area (Å²) in [6, 6.07) is 9.81. The number of nitrogens with zero attached hydrogens (tertiary/aromatic N) is 2. The largest absolute Gasteiger partial charge is 0.364 e. The van der Waals surface area contributed by atoms with Crippen LogP contribution >= 0.6 is 0 Å². The number of nitrogens with one attached hydrogen (secondary N) is 1. The van der Waals surface area contributed by atoms with Gasteiger partial charge in [-0.25, -0.2) is 17.2 Å². The molecule has 1 aliphatic rings. The molecule has 1 saturated heterocycles. The van der Waals surface area contributed by atoms with Crippen LogP contribution in [-0.2, 0) is 27.8 Å². The summed E-state index contributed by atoms with van der Waals surface area (Å²) in [5.74, 6) is -1.85. The van der Waals surface area contributed by atoms with Gasteiger partial charge in [-0.2, -0.15) is 4.31 Å². The Balaban J connectivity index is 1.52. The lowest BCUT2D eigenvalue weighted by atomic mass is 10.0. The number of amides is 1. The molecule has 3 atom stereocenters. The Morgan fingerprint density at radius 2 is 1.94 bits per heavy atom. The van der Waals surface area contributed by atoms with Gasteiger partial charge in [0.2, 0.25) is 15.9 Å². The van der Waals surface area contributed by atoms with Gasteiger partial charge in [0, 0.05) is 29.3 Å². The molecule has 10 heteroatoms. The zero-order chi connectivity index (χ0) is 25.2. The van der Waals surface area contributed by atoms with Crippen molar-refractivity contribution < 1.29 is 26.5 Å². The predicted molar refractivity (Wildman–Crippen MR) is 125 cm³/mol. The van der Waals surface area contributed by atoms with Crippen LogP contribution in [0.2, 0.25) is 0 Å². The maximum atomic E-state index is 15.1. The summed E-state index contributed by atoms with van der Waals surface area (Å²) < 4.78 is 62.8. The Morgan fingerprint density at radius 3 is 2.63 bits per heavy atom. The Hall–Kier alpha value is -3.11. The molecule has 186 valence electrons. The van der Waals surface area contributed by atoms with Crippen molar-refractivity contribution in [2.75, 3.05) is 0 Å². The summed E-state index contributed by atoms with van der Waals surface area (Å²) in [5, 5.41) is 5.42. The van der Waals surface area contributed by atoms with Gasteiger partial charge >= 0.3 is 0 Å². The van der Waals surface area contributed by atoms with Crippen LogP contribution in [-0.4, -0.2) is 29.8 Å². The highest BCUT2D eigenvalue weighted by Crippen LogP contribution is 2.38. The summed E-state index contributed by atoms with van der Waals surface area (Å²) in [7, 11) is -3.79. The highest BCUT2D eigenvalue weighted by Gasteiger charge is 2.40. The van der Waals surface area contributed by atoms with Gasteiger partial charge in [-0.15, -0.1) is 0 Å². The van der Waals surface area contributed by atoms with Crippen molar-refractivity contribution in [3.05, 3.63) is 88.8 Å². The van der Waals surface area contributed by atoms with E-state index in [1.165, 1.54) is 16.8 Å². The number of aromatic nitrogens is 1. The van der Waals surface area contributed by atoms with Crippen LogP contribution in [0.25, 0.3) is 0 Å². The minimum atomic E-state index is -3.79. The van der Waals surface area contributed by atoms with Crippen LogP contribution in [0, 0.1) is 11.6 Å². The summed E-state index contributed by atoms with van der Waals surface area (Å²) in [4.78, 5) is 12.2. The minimum absolute atomic E-state index is 0.0106. The second-order valence-electron chi connectivity index (χ2n) is 8.88. The fraction of sp³-hybridized carbons (Fsp3) is 0.360. The molecule has 7 nitrogen and oxygen atoms in total. The molecule has 1 amide bonds. The molecule has 1 aromatic heterocycles. The lowest BCUT2D eigenvalue weighted by Gasteiger charge is -2.37. The number of carbonyl (C=O) groups is 1. The summed E-state index contributed by atoms with van der Waals surface area (Å²) >= 11 is 0. The van der Waals surface area contributed by atoms with E-state index in [-0.39, 0.29) is 30.1 Å². The maximum Gasteiger partial charge on any atom is 0.225 e. The van der Waals surface area contributed by atoms with Gasteiger partial charge in [-0.1, -0.05) is 35.5 Å². The monoisotopic (exact) mass is 503 g/mol. The zero-order valence-electron chi connectivity index (χ0n) is 19.4. The zero-order valence-corrected chi connectivity index (χ0v) is 20.3. The topological polar surface area (TPSA) is 92.5 Å². The number of hydrogen-bond donors (Lipinski definition) is 1. The van der Waals surface area contributed by atoms with E-state index >= 15 is 4.39 Å². The van der Waals surface area contributed by atoms with E-state index in [4.69, 9.17) is 0 Å². The van der Waals surface area contributed by atoms with Gasteiger partial charge in [-0.05, 0) is 44.4 Å². The molecule has 2 heterocycles. The molecule has 2 aromatic carbocycles. The summed E-state index contributed by atoms with van der Waals surface area (Å²) in [6.07, 6.45) is 3.79. The van der Waals surface area contributed by atoms with Crippen molar-refractivity contribution in [3.8, 4) is 0 Å². The summed E-state index contributed by atoms with van der Waals surface area (Å²) in [6.45, 7) is 3.04. The van der Waals surface area contributed by atoms with Crippen molar-refractivity contribution in [1.29, 1.82) is 0 Å². The van der Waals surface area contributed by atoms with Crippen molar-refractivity contribution >= 4 is 15.9 Å². The van der Waals surface area contributed by atoms with Crippen LogP contribution in [0.3, 0.4) is 0 Å². The summed E-state index contributed by atoms with van der Waals surface area (Å²) in [5.41, 5.74) is 1.16. The van der Waals surface area contributed by atoms with Gasteiger partial charge in [0.1, 0.15) is 23.1 Å². The van der Waals surface area contributed by atoms with Crippen molar-refractivity contribution in [2.45, 2.75) is 57.0 Å². The first-order valence-corrected chi connectivity index (χ1v) is 12.9. The lowest BCUT2D eigenvalue weighted by molar-refractivity contribution is -0.121. The van der Waals surface area contributed by atoms with Gasteiger partial charge in [0.25, 0.3) is 0 Å². The van der Waals surface area contributed by atoms with E-state index in [2.05, 4.69) is 15.0 Å². The average Bonchev–Trinajstić information content (AvgIpc) is 3.31. The van der Waals surface area contributed by atoms with Gasteiger partial charge < -0.3 is 9.84 Å². The minimum Gasteiger partial charge on any atom is -0.364 e. The van der Waals surface area contributed by atoms with Crippen LogP contribution in [0.5, 0.6) is 0 Å². The third-order valence-corrected chi connectivity index (χ3v) is 8.75. The van der Waals surface area contributed by atoms with Crippen molar-refractivity contribution in [3.63, 3.8) is 0 Å². The predicted octanol–water partition coefficient (Wildman–Crippen LogP) is 4.43. The molecule has 1 aliphatic heterocycles. The van der Waals surface area contributed by atoms with Crippen LogP contribution in [0.15, 0.2) is 59.4 Å². The fourth-order valence-corrected chi connectivity index (χ4v) is 6.63. The van der Waals surface area contributed by atoms with Crippen LogP contribution in [0.4, 0.5) is 8.78 Å². The number of hydrogen-bond acceptors (Lipinski definition) is 5. The van der Waals surface area contributed by atoms with E-state index in [1.54, 1.807) is 38.1 Å². The van der Waals surface area contributed by atoms with E-state index in [1.807, 2.05) is 6.07 Å². The Morgan fingerprint density at radius 1 is 1.20 bits per heavy atom. The highest BCUT2D eigenvalue weighted by atomic mass is 32.2. The lowest BCUT2D eigenvalue weighted by Crippen LogP contribution is -2.44. The van der Waals surface area contributed by atoms with E-state index in [0.717, 1.165) is 12.1 Å². The second kappa shape index (κ2) is 10.2. The normalized spacial score (nSPS) is 20.9. The van der Waals surface area contributed by atoms with E-state index in [0.29, 0.717) is 24.0 Å². The Labute approximate surface area is 203 Å². The third-order valence-electron chi connectivity index (χ3n) is 6.38. The van der Waals surface area contributed by atoms with E-state index in [9.17, 15) is 17.6 Å². The van der Waals surface area contributed by atoms with Crippen LogP contribution in [0.1, 0.15) is 60.2 Å². The van der Waals surface area contributed by atoms with Crippen molar-refractivity contribution in [1.82, 2.24) is 14.8 Å². The number of carbonyl (C=O) groups excluding carboxylic acids is 1. The van der Waals surface area contributed by atoms with E-state index < -0.39 is 38.9 Å². The molecule has 3 aromatic rings. The molecular weight excluding hydrogens is 476 g/mol. The van der Waals surface area contributed by atoms with Gasteiger partial charge in [0.15, 0.2) is 0 Å². The molecule has 1 N–H and O–H groups in total. The van der Waals surface area contributed by atoms with Gasteiger partial charge in [0.05, 0.1) is 18.7 Å². The van der Waals surface area contributed by atoms with Crippen molar-refractivity contribution in [2.24, 2.45) is 0 Å². The molecule has 0 spiro atoms. The average molecular weight is 504 g/mol. The molecule has 0 saturated carbocycles. The van der Waals surface area contributed by atoms with Gasteiger partial charge in [-0.3, -0.25) is 4.79 Å². The van der Waals surface area contributed by atoms with Crippen LogP contribution < -0.4 is 5.32 Å². The standard InChI is InChI=1S/C25H27F2N3O4S/c1-16-8-9-24(19-6-4-3-5-7-19)35(32,33)30(16)14-20-11-23(27)21(12-22(20)26)17(2)29-25(31)10-18-13-28-34-15-18/h3-7,11-13,15-17,24H,8-10,14H2,1-2H3,(H,29,31)/t16-,17?,24+/m0/s1. The highest BCUT2D eigenvalue weighted by molar-refractivity contribution is 7.89. The third kappa shape index (κ3) is 5.43. The molecular formula is C25H27F2N3O4S. The number of benzene rings is 2. The molecule has 0 radical (unpaired) electrons. The Bertz CT molecular complexity index is 1280. The molecule has 1 unspecified atom stereocenters.